The smallest absolute Gasteiger partial charge is 0.257 e. The Bertz CT molecular complexity index is 1500. The monoisotopic (exact) mass is 638 g/mol. The van der Waals surface area contributed by atoms with Crippen molar-refractivity contribution in [3.63, 3.8) is 0 Å². The molecule has 3 aromatic rings. The van der Waals surface area contributed by atoms with Gasteiger partial charge in [-0.15, -0.1) is 12.4 Å². The van der Waals surface area contributed by atoms with Crippen LogP contribution in [0.4, 0.5) is 11.4 Å². The second kappa shape index (κ2) is 15.7. The minimum atomic E-state index is -0.369. The Labute approximate surface area is 268 Å². The number of anilines is 2. The zero-order chi connectivity index (χ0) is 30.2. The molecule has 232 valence electrons. The van der Waals surface area contributed by atoms with Gasteiger partial charge < -0.3 is 29.9 Å². The van der Waals surface area contributed by atoms with E-state index in [0.29, 0.717) is 43.4 Å². The summed E-state index contributed by atoms with van der Waals surface area (Å²) in [5.41, 5.74) is 3.79. The molecule has 0 aliphatic carbocycles. The van der Waals surface area contributed by atoms with Crippen molar-refractivity contribution < 1.29 is 19.1 Å². The van der Waals surface area contributed by atoms with E-state index in [0.717, 1.165) is 49.0 Å². The van der Waals surface area contributed by atoms with Crippen LogP contribution >= 0.6 is 24.0 Å². The SMILES string of the molecule is CN=C(c1ccc(NC(=O)c2ccc(C(=O)Nc3ccc(C(=NC)N4CCOCC4)cc3)c(Cl)c2)cc1)N1CCOCC1.Cl. The molecular formula is C32H36Cl2N6O4. The zero-order valence-corrected chi connectivity index (χ0v) is 26.3. The van der Waals surface area contributed by atoms with Crippen LogP contribution in [-0.2, 0) is 9.47 Å². The maximum Gasteiger partial charge on any atom is 0.257 e. The van der Waals surface area contributed by atoms with Gasteiger partial charge in [-0.05, 0) is 66.7 Å². The van der Waals surface area contributed by atoms with Crippen LogP contribution in [0.1, 0.15) is 31.8 Å². The van der Waals surface area contributed by atoms with E-state index in [2.05, 4.69) is 30.4 Å². The Morgan fingerprint density at radius 2 is 1.07 bits per heavy atom. The standard InChI is InChI=1S/C32H35ClN6O4.ClH/c1-34-29(38-13-17-42-18-14-38)22-3-8-25(9-4-22)36-31(40)24-7-12-27(28(33)21-24)32(41)37-26-10-5-23(6-11-26)30(35-2)39-15-19-43-20-16-39;/h3-12,21H,13-20H2,1-2H3,(H,36,40)(H,37,41);1H. The first-order chi connectivity index (χ1) is 21.0. The third-order valence-electron chi connectivity index (χ3n) is 7.32. The molecule has 5 rings (SSSR count). The average molecular weight is 640 g/mol. The Balaban J connectivity index is 0.00000442. The van der Waals surface area contributed by atoms with E-state index in [4.69, 9.17) is 21.1 Å². The third-order valence-corrected chi connectivity index (χ3v) is 7.64. The lowest BCUT2D eigenvalue weighted by Gasteiger charge is -2.29. The van der Waals surface area contributed by atoms with Gasteiger partial charge in [0.05, 0.1) is 37.0 Å². The first-order valence-corrected chi connectivity index (χ1v) is 14.6. The van der Waals surface area contributed by atoms with Gasteiger partial charge >= 0.3 is 0 Å². The highest BCUT2D eigenvalue weighted by molar-refractivity contribution is 6.35. The van der Waals surface area contributed by atoms with Crippen molar-refractivity contribution in [3.05, 3.63) is 94.0 Å². The molecule has 3 aromatic carbocycles. The minimum absolute atomic E-state index is 0. The number of morpholine rings is 2. The number of halogens is 2. The maximum atomic E-state index is 13.0. The van der Waals surface area contributed by atoms with Crippen LogP contribution < -0.4 is 10.6 Å². The van der Waals surface area contributed by atoms with E-state index < -0.39 is 0 Å². The largest absolute Gasteiger partial charge is 0.378 e. The number of aliphatic imine (C=N–C) groups is 2. The number of hydrogen-bond acceptors (Lipinski definition) is 6. The molecule has 0 aromatic heterocycles. The van der Waals surface area contributed by atoms with Gasteiger partial charge in [0.25, 0.3) is 11.8 Å². The van der Waals surface area contributed by atoms with Gasteiger partial charge in [0.1, 0.15) is 11.7 Å². The van der Waals surface area contributed by atoms with E-state index >= 15 is 0 Å². The number of carbonyl (C=O) groups is 2. The second-order valence-corrected chi connectivity index (χ2v) is 10.5. The molecule has 2 aliphatic heterocycles. The first kappa shape index (κ1) is 32.9. The van der Waals surface area contributed by atoms with Crippen molar-refractivity contribution in [2.45, 2.75) is 0 Å². The number of ether oxygens (including phenoxy) is 2. The summed E-state index contributed by atoms with van der Waals surface area (Å²) < 4.78 is 10.9. The lowest BCUT2D eigenvalue weighted by molar-refractivity contribution is 0.0682. The Hall–Kier alpha value is -3.96. The van der Waals surface area contributed by atoms with Gasteiger partial charge in [0.15, 0.2) is 0 Å². The summed E-state index contributed by atoms with van der Waals surface area (Å²) >= 11 is 6.46. The number of carbonyl (C=O) groups excluding carboxylic acids is 2. The molecular weight excluding hydrogens is 603 g/mol. The molecule has 0 unspecified atom stereocenters. The second-order valence-electron chi connectivity index (χ2n) is 10.1. The molecule has 0 atom stereocenters. The van der Waals surface area contributed by atoms with Crippen molar-refractivity contribution in [2.75, 3.05) is 77.3 Å². The van der Waals surface area contributed by atoms with E-state index in [1.54, 1.807) is 26.2 Å². The molecule has 2 amide bonds. The normalized spacial score (nSPS) is 15.8. The highest BCUT2D eigenvalue weighted by Gasteiger charge is 2.19. The number of amidine groups is 2. The topological polar surface area (TPSA) is 108 Å². The Morgan fingerprint density at radius 1 is 0.659 bits per heavy atom. The molecule has 2 heterocycles. The summed E-state index contributed by atoms with van der Waals surface area (Å²) in [5, 5.41) is 5.95. The molecule has 0 bridgehead atoms. The molecule has 10 nitrogen and oxygen atoms in total. The molecule has 12 heteroatoms. The van der Waals surface area contributed by atoms with Crippen LogP contribution in [0.25, 0.3) is 0 Å². The predicted molar refractivity (Wildman–Crippen MR) is 177 cm³/mol. The van der Waals surface area contributed by atoms with Gasteiger partial charge in [0, 0.05) is 68.3 Å². The minimum Gasteiger partial charge on any atom is -0.378 e. The third kappa shape index (κ3) is 7.95. The summed E-state index contributed by atoms with van der Waals surface area (Å²) in [7, 11) is 3.54. The molecule has 0 saturated carbocycles. The molecule has 2 saturated heterocycles. The molecule has 44 heavy (non-hydrogen) atoms. The van der Waals surface area contributed by atoms with Crippen LogP contribution in [0.15, 0.2) is 76.7 Å². The van der Waals surface area contributed by atoms with E-state index in [1.807, 2.05) is 48.5 Å². The fourth-order valence-electron chi connectivity index (χ4n) is 5.10. The van der Waals surface area contributed by atoms with Crippen molar-refractivity contribution in [2.24, 2.45) is 9.98 Å². The quantitative estimate of drug-likeness (QED) is 0.300. The molecule has 2 aliphatic rings. The predicted octanol–water partition coefficient (Wildman–Crippen LogP) is 4.68. The number of nitrogens with one attached hydrogen (secondary N) is 2. The highest BCUT2D eigenvalue weighted by atomic mass is 35.5. The van der Waals surface area contributed by atoms with Gasteiger partial charge in [-0.2, -0.15) is 0 Å². The Morgan fingerprint density at radius 3 is 1.48 bits per heavy atom. The number of amides is 2. The summed E-state index contributed by atoms with van der Waals surface area (Å²) in [6.07, 6.45) is 0. The van der Waals surface area contributed by atoms with E-state index in [9.17, 15) is 9.59 Å². The fraction of sp³-hybridized carbons (Fsp3) is 0.312. The van der Waals surface area contributed by atoms with Gasteiger partial charge in [-0.25, -0.2) is 0 Å². The lowest BCUT2D eigenvalue weighted by atomic mass is 10.1. The molecule has 2 fully saturated rings. The van der Waals surface area contributed by atoms with Crippen molar-refractivity contribution >= 4 is 58.9 Å². The maximum absolute atomic E-state index is 13.0. The van der Waals surface area contributed by atoms with Crippen molar-refractivity contribution in [1.82, 2.24) is 9.80 Å². The summed E-state index contributed by atoms with van der Waals surface area (Å²) in [6, 6.07) is 19.7. The average Bonchev–Trinajstić information content (AvgIpc) is 3.04. The van der Waals surface area contributed by atoms with Crippen LogP contribution in [0, 0.1) is 0 Å². The van der Waals surface area contributed by atoms with Gasteiger partial charge in [-0.3, -0.25) is 19.6 Å². The number of rotatable bonds is 6. The van der Waals surface area contributed by atoms with E-state index in [1.165, 1.54) is 6.07 Å². The van der Waals surface area contributed by atoms with Crippen LogP contribution in [-0.4, -0.2) is 100.0 Å². The zero-order valence-electron chi connectivity index (χ0n) is 24.7. The summed E-state index contributed by atoms with van der Waals surface area (Å²) in [6.45, 7) is 5.85. The first-order valence-electron chi connectivity index (χ1n) is 14.2. The molecule has 0 spiro atoms. The summed E-state index contributed by atoms with van der Waals surface area (Å²) in [4.78, 5) is 39.2. The molecule has 0 radical (unpaired) electrons. The fourth-order valence-corrected chi connectivity index (χ4v) is 5.37. The highest BCUT2D eigenvalue weighted by Crippen LogP contribution is 2.22. The molecule has 2 N–H and O–H groups in total. The van der Waals surface area contributed by atoms with E-state index in [-0.39, 0.29) is 34.8 Å². The number of hydrogen-bond donors (Lipinski definition) is 2. The number of benzene rings is 3. The van der Waals surface area contributed by atoms with Crippen molar-refractivity contribution in [1.29, 1.82) is 0 Å². The van der Waals surface area contributed by atoms with Crippen LogP contribution in [0.5, 0.6) is 0 Å². The van der Waals surface area contributed by atoms with Crippen molar-refractivity contribution in [3.8, 4) is 0 Å². The summed E-state index contributed by atoms with van der Waals surface area (Å²) in [5.74, 6) is 1.09. The lowest BCUT2D eigenvalue weighted by Crippen LogP contribution is -2.41. The van der Waals surface area contributed by atoms with Gasteiger partial charge in [0.2, 0.25) is 0 Å². The van der Waals surface area contributed by atoms with Gasteiger partial charge in [-0.1, -0.05) is 11.6 Å². The Kier molecular flexibility index (Phi) is 11.7. The number of nitrogens with zero attached hydrogens (tertiary/aromatic N) is 4. The van der Waals surface area contributed by atoms with Crippen LogP contribution in [0.2, 0.25) is 5.02 Å². The van der Waals surface area contributed by atoms with Crippen LogP contribution in [0.3, 0.4) is 0 Å².